The number of rotatable bonds is 3. The summed E-state index contributed by atoms with van der Waals surface area (Å²) in [6, 6.07) is 8.90. The molecule has 0 amide bonds. The number of alkyl halides is 2. The van der Waals surface area contributed by atoms with Crippen LogP contribution in [0.25, 0.3) is 22.3 Å². The minimum absolute atomic E-state index is 0.0682. The average molecular weight is 387 g/mol. The third kappa shape index (κ3) is 3.20. The molecule has 0 atom stereocenters. The van der Waals surface area contributed by atoms with E-state index in [2.05, 4.69) is 9.97 Å². The van der Waals surface area contributed by atoms with Crippen molar-refractivity contribution in [1.82, 2.24) is 14.5 Å². The van der Waals surface area contributed by atoms with E-state index in [4.69, 9.17) is 12.2 Å². The normalized spacial score (nSPS) is 15.1. The van der Waals surface area contributed by atoms with Gasteiger partial charge in [0.2, 0.25) is 0 Å². The van der Waals surface area contributed by atoms with Gasteiger partial charge >= 0.3 is 0 Å². The summed E-state index contributed by atoms with van der Waals surface area (Å²) in [5, 5.41) is -0.0682. The van der Waals surface area contributed by atoms with Crippen LogP contribution in [0.4, 0.5) is 8.78 Å². The minimum Gasteiger partial charge on any atom is -0.299 e. The molecule has 1 N–H and O–H groups in total. The van der Waals surface area contributed by atoms with Crippen molar-refractivity contribution in [3.8, 4) is 11.3 Å². The highest BCUT2D eigenvalue weighted by Gasteiger charge is 2.24. The molecular formula is C20H19F2N3OS. The zero-order valence-electron chi connectivity index (χ0n) is 14.8. The van der Waals surface area contributed by atoms with Crippen molar-refractivity contribution in [3.63, 3.8) is 0 Å². The lowest BCUT2D eigenvalue weighted by Crippen LogP contribution is -2.20. The summed E-state index contributed by atoms with van der Waals surface area (Å²) in [5.74, 6) is 0. The Labute approximate surface area is 159 Å². The molecule has 4 rings (SSSR count). The number of halogens is 2. The summed E-state index contributed by atoms with van der Waals surface area (Å²) in [6.45, 7) is 1.96. The number of aromatic amines is 1. The van der Waals surface area contributed by atoms with Crippen molar-refractivity contribution in [3.05, 3.63) is 56.6 Å². The molecule has 1 aliphatic rings. The third-order valence-electron chi connectivity index (χ3n) is 5.20. The molecule has 1 saturated carbocycles. The lowest BCUT2D eigenvalue weighted by molar-refractivity contribution is 0.153. The lowest BCUT2D eigenvalue weighted by atomic mass is 10.1. The largest absolute Gasteiger partial charge is 0.299 e. The number of pyridine rings is 1. The van der Waals surface area contributed by atoms with E-state index in [9.17, 15) is 13.6 Å². The van der Waals surface area contributed by atoms with E-state index in [1.54, 1.807) is 4.57 Å². The Kier molecular flexibility index (Phi) is 4.63. The number of aryl methyl sites for hydroxylation is 1. The smallest absolute Gasteiger partial charge is 0.264 e. The maximum absolute atomic E-state index is 13.8. The Morgan fingerprint density at radius 1 is 1.22 bits per heavy atom. The van der Waals surface area contributed by atoms with E-state index in [1.807, 2.05) is 31.2 Å². The van der Waals surface area contributed by atoms with Gasteiger partial charge in [-0.15, -0.1) is 0 Å². The first-order chi connectivity index (χ1) is 13.0. The van der Waals surface area contributed by atoms with Crippen molar-refractivity contribution in [2.24, 2.45) is 0 Å². The molecule has 0 saturated heterocycles. The third-order valence-corrected chi connectivity index (χ3v) is 5.50. The molecule has 1 aliphatic carbocycles. The van der Waals surface area contributed by atoms with Gasteiger partial charge in [-0.2, -0.15) is 0 Å². The second-order valence-corrected chi connectivity index (χ2v) is 7.42. The summed E-state index contributed by atoms with van der Waals surface area (Å²) in [6.07, 6.45) is 1.11. The first-order valence-electron chi connectivity index (χ1n) is 9.00. The van der Waals surface area contributed by atoms with Crippen LogP contribution in [0.1, 0.15) is 49.3 Å². The van der Waals surface area contributed by atoms with Gasteiger partial charge in [-0.1, -0.05) is 42.7 Å². The molecule has 0 spiro atoms. The monoisotopic (exact) mass is 387 g/mol. The molecule has 0 aliphatic heterocycles. The number of nitrogens with zero attached hydrogens (tertiary/aromatic N) is 2. The molecule has 0 radical (unpaired) electrons. The average Bonchev–Trinajstić information content (AvgIpc) is 3.15. The van der Waals surface area contributed by atoms with Crippen LogP contribution in [0.2, 0.25) is 0 Å². The molecule has 4 nitrogen and oxygen atoms in total. The molecule has 0 bridgehead atoms. The Morgan fingerprint density at radius 2 is 1.89 bits per heavy atom. The fourth-order valence-corrected chi connectivity index (χ4v) is 4.15. The van der Waals surface area contributed by atoms with Gasteiger partial charge in [0, 0.05) is 17.2 Å². The Bertz CT molecular complexity index is 1110. The molecule has 0 unspecified atom stereocenters. The number of hydrogen-bond donors (Lipinski definition) is 1. The highest BCUT2D eigenvalue weighted by molar-refractivity contribution is 7.71. The van der Waals surface area contributed by atoms with E-state index in [0.717, 1.165) is 36.8 Å². The molecule has 140 valence electrons. The van der Waals surface area contributed by atoms with Crippen LogP contribution in [-0.2, 0) is 0 Å². The molecule has 1 fully saturated rings. The van der Waals surface area contributed by atoms with Crippen LogP contribution in [0.3, 0.4) is 0 Å². The summed E-state index contributed by atoms with van der Waals surface area (Å²) in [7, 11) is 0. The zero-order chi connectivity index (χ0) is 19.1. The van der Waals surface area contributed by atoms with E-state index >= 15 is 0 Å². The van der Waals surface area contributed by atoms with E-state index in [1.165, 1.54) is 6.07 Å². The predicted molar refractivity (Wildman–Crippen MR) is 104 cm³/mol. The highest BCUT2D eigenvalue weighted by atomic mass is 32.1. The zero-order valence-corrected chi connectivity index (χ0v) is 15.7. The van der Waals surface area contributed by atoms with Gasteiger partial charge in [0.05, 0.1) is 11.1 Å². The van der Waals surface area contributed by atoms with Crippen LogP contribution in [0.5, 0.6) is 0 Å². The Balaban J connectivity index is 2.08. The summed E-state index contributed by atoms with van der Waals surface area (Å²) < 4.78 is 29.7. The first kappa shape index (κ1) is 18.0. The summed E-state index contributed by atoms with van der Waals surface area (Å²) in [5.41, 5.74) is 1.56. The van der Waals surface area contributed by atoms with Gasteiger partial charge in [-0.25, -0.2) is 13.8 Å². The second kappa shape index (κ2) is 6.96. The number of benzene rings is 1. The van der Waals surface area contributed by atoms with Gasteiger partial charge < -0.3 is 0 Å². The van der Waals surface area contributed by atoms with Gasteiger partial charge in [0.25, 0.3) is 12.0 Å². The SMILES string of the molecule is Cc1ccc(-c2cc(C(F)F)c3c(=O)[nH]c(=S)n(C4CCCC4)c3n2)cc1. The lowest BCUT2D eigenvalue weighted by Gasteiger charge is -2.19. The maximum atomic E-state index is 13.8. The van der Waals surface area contributed by atoms with Crippen LogP contribution in [-0.4, -0.2) is 14.5 Å². The molecule has 27 heavy (non-hydrogen) atoms. The summed E-state index contributed by atoms with van der Waals surface area (Å²) >= 11 is 5.37. The van der Waals surface area contributed by atoms with Crippen molar-refractivity contribution in [2.75, 3.05) is 0 Å². The van der Waals surface area contributed by atoms with E-state index in [0.29, 0.717) is 5.69 Å². The van der Waals surface area contributed by atoms with Gasteiger partial charge in [-0.3, -0.25) is 14.3 Å². The topological polar surface area (TPSA) is 50.7 Å². The molecule has 1 aromatic carbocycles. The maximum Gasteiger partial charge on any atom is 0.264 e. The second-order valence-electron chi connectivity index (χ2n) is 7.03. The van der Waals surface area contributed by atoms with Gasteiger partial charge in [-0.05, 0) is 38.0 Å². The number of H-pyrrole nitrogens is 1. The highest BCUT2D eigenvalue weighted by Crippen LogP contribution is 2.34. The molecule has 2 aromatic heterocycles. The van der Waals surface area contributed by atoms with E-state index in [-0.39, 0.29) is 27.4 Å². The van der Waals surface area contributed by atoms with Crippen molar-refractivity contribution in [1.29, 1.82) is 0 Å². The Morgan fingerprint density at radius 3 is 2.52 bits per heavy atom. The molecule has 2 heterocycles. The molecule has 3 aromatic rings. The standard InChI is InChI=1S/C20H19F2N3OS/c1-11-6-8-12(9-7-11)15-10-14(17(21)22)16-18(23-15)25(13-4-2-3-5-13)20(27)24-19(16)26/h6-10,13,17H,2-5H2,1H3,(H,24,26,27). The van der Waals surface area contributed by atoms with E-state index < -0.39 is 12.0 Å². The van der Waals surface area contributed by atoms with Crippen molar-refractivity contribution >= 4 is 23.3 Å². The van der Waals surface area contributed by atoms with Gasteiger partial charge in [0.15, 0.2) is 4.77 Å². The van der Waals surface area contributed by atoms with Crippen LogP contribution in [0.15, 0.2) is 35.1 Å². The van der Waals surface area contributed by atoms with Crippen LogP contribution >= 0.6 is 12.2 Å². The number of fused-ring (bicyclic) bond motifs is 1. The predicted octanol–water partition coefficient (Wildman–Crippen LogP) is 5.48. The van der Waals surface area contributed by atoms with Crippen LogP contribution in [0, 0.1) is 11.7 Å². The Hall–Kier alpha value is -2.41. The fraction of sp³-hybridized carbons (Fsp3) is 0.350. The van der Waals surface area contributed by atoms with Crippen molar-refractivity contribution in [2.45, 2.75) is 45.1 Å². The fourth-order valence-electron chi connectivity index (χ4n) is 3.82. The minimum atomic E-state index is -2.78. The number of hydrogen-bond acceptors (Lipinski definition) is 3. The number of nitrogens with one attached hydrogen (secondary N) is 1. The number of aromatic nitrogens is 3. The van der Waals surface area contributed by atoms with Gasteiger partial charge in [0.1, 0.15) is 5.65 Å². The summed E-state index contributed by atoms with van der Waals surface area (Å²) in [4.78, 5) is 19.7. The van der Waals surface area contributed by atoms with Crippen LogP contribution < -0.4 is 5.56 Å². The first-order valence-corrected chi connectivity index (χ1v) is 9.41. The van der Waals surface area contributed by atoms with Crippen molar-refractivity contribution < 1.29 is 8.78 Å². The molecule has 7 heteroatoms. The molecular weight excluding hydrogens is 368 g/mol. The quantitative estimate of drug-likeness (QED) is 0.605.